The quantitative estimate of drug-likeness (QED) is 0.644. The van der Waals surface area contributed by atoms with Gasteiger partial charge in [-0.25, -0.2) is 9.97 Å². The lowest BCUT2D eigenvalue weighted by molar-refractivity contribution is 0.490. The molecule has 0 saturated heterocycles. The molecule has 1 aromatic rings. The highest BCUT2D eigenvalue weighted by atomic mass is 15.1. The third kappa shape index (κ3) is 5.63. The second-order valence-electron chi connectivity index (χ2n) is 5.02. The molecule has 5 nitrogen and oxygen atoms in total. The minimum Gasteiger partial charge on any atom is -0.370 e. The molecule has 0 atom stereocenters. The number of aryl methyl sites for hydroxylation is 1. The van der Waals surface area contributed by atoms with Crippen molar-refractivity contribution in [2.45, 2.75) is 32.7 Å². The Morgan fingerprint density at radius 3 is 2.50 bits per heavy atom. The molecule has 0 aliphatic heterocycles. The van der Waals surface area contributed by atoms with Crippen molar-refractivity contribution in [2.75, 3.05) is 23.7 Å². The fourth-order valence-corrected chi connectivity index (χ4v) is 1.44. The number of nitrogens with one attached hydrogen (secondary N) is 2. The lowest BCUT2D eigenvalue weighted by Gasteiger charge is -2.18. The maximum atomic E-state index is 5.93. The van der Waals surface area contributed by atoms with Crippen LogP contribution < -0.4 is 16.4 Å². The summed E-state index contributed by atoms with van der Waals surface area (Å²) in [5, 5.41) is 6.41. The van der Waals surface area contributed by atoms with Gasteiger partial charge < -0.3 is 16.4 Å². The molecule has 0 amide bonds. The molecule has 18 heavy (non-hydrogen) atoms. The Morgan fingerprint density at radius 1 is 1.33 bits per heavy atom. The first-order chi connectivity index (χ1) is 8.40. The largest absolute Gasteiger partial charge is 0.370 e. The van der Waals surface area contributed by atoms with Crippen LogP contribution in [0.1, 0.15) is 26.1 Å². The molecule has 1 aromatic heterocycles. The van der Waals surface area contributed by atoms with Gasteiger partial charge in [-0.05, 0) is 27.2 Å². The highest BCUT2D eigenvalue weighted by molar-refractivity contribution is 5.47. The summed E-state index contributed by atoms with van der Waals surface area (Å²) < 4.78 is 0. The van der Waals surface area contributed by atoms with Crippen molar-refractivity contribution in [1.82, 2.24) is 9.97 Å². The van der Waals surface area contributed by atoms with Gasteiger partial charge in [-0.15, -0.1) is 6.58 Å². The van der Waals surface area contributed by atoms with E-state index in [9.17, 15) is 0 Å². The standard InChI is InChI=1S/C13H23N5/c1-5-7-15-11-9-12(18-10(2)17-11)16-8-6-13(3,4)14/h5,9H,1,6-8,14H2,2-4H3,(H2,15,16,17,18). The van der Waals surface area contributed by atoms with Crippen molar-refractivity contribution < 1.29 is 0 Å². The molecule has 0 aliphatic rings. The first kappa shape index (κ1) is 14.4. The van der Waals surface area contributed by atoms with E-state index >= 15 is 0 Å². The third-order valence-electron chi connectivity index (χ3n) is 2.34. The Kier molecular flexibility index (Phi) is 5.09. The van der Waals surface area contributed by atoms with Gasteiger partial charge in [-0.1, -0.05) is 6.08 Å². The van der Waals surface area contributed by atoms with Crippen molar-refractivity contribution in [3.63, 3.8) is 0 Å². The van der Waals surface area contributed by atoms with Crippen LogP contribution in [0, 0.1) is 6.92 Å². The maximum Gasteiger partial charge on any atom is 0.132 e. The van der Waals surface area contributed by atoms with Gasteiger partial charge in [0.2, 0.25) is 0 Å². The van der Waals surface area contributed by atoms with E-state index in [1.165, 1.54) is 0 Å². The van der Waals surface area contributed by atoms with Crippen LogP contribution >= 0.6 is 0 Å². The molecule has 0 aliphatic carbocycles. The molecule has 4 N–H and O–H groups in total. The summed E-state index contributed by atoms with van der Waals surface area (Å²) in [7, 11) is 0. The highest BCUT2D eigenvalue weighted by Crippen LogP contribution is 2.12. The van der Waals surface area contributed by atoms with Crippen molar-refractivity contribution in [3.8, 4) is 0 Å². The normalized spacial score (nSPS) is 11.1. The predicted molar refractivity (Wildman–Crippen MR) is 76.8 cm³/mol. The van der Waals surface area contributed by atoms with Gasteiger partial charge in [0.15, 0.2) is 0 Å². The molecule has 100 valence electrons. The average molecular weight is 249 g/mol. The highest BCUT2D eigenvalue weighted by Gasteiger charge is 2.09. The van der Waals surface area contributed by atoms with E-state index < -0.39 is 0 Å². The zero-order valence-electron chi connectivity index (χ0n) is 11.5. The summed E-state index contributed by atoms with van der Waals surface area (Å²) in [6.45, 7) is 11.0. The monoisotopic (exact) mass is 249 g/mol. The number of nitrogens with two attached hydrogens (primary N) is 1. The van der Waals surface area contributed by atoms with E-state index in [-0.39, 0.29) is 5.54 Å². The molecular weight excluding hydrogens is 226 g/mol. The second-order valence-corrected chi connectivity index (χ2v) is 5.02. The first-order valence-electron chi connectivity index (χ1n) is 6.14. The number of rotatable bonds is 7. The Hall–Kier alpha value is -1.62. The third-order valence-corrected chi connectivity index (χ3v) is 2.34. The summed E-state index contributed by atoms with van der Waals surface area (Å²) in [5.74, 6) is 2.36. The van der Waals surface area contributed by atoms with E-state index in [1.807, 2.05) is 26.8 Å². The van der Waals surface area contributed by atoms with E-state index in [2.05, 4.69) is 27.2 Å². The number of hydrogen-bond donors (Lipinski definition) is 3. The molecule has 0 radical (unpaired) electrons. The molecule has 1 heterocycles. The molecule has 0 spiro atoms. The SMILES string of the molecule is C=CCNc1cc(NCCC(C)(C)N)nc(C)n1. The molecule has 0 saturated carbocycles. The van der Waals surface area contributed by atoms with Crippen LogP contribution in [0.25, 0.3) is 0 Å². The van der Waals surface area contributed by atoms with Crippen molar-refractivity contribution in [3.05, 3.63) is 24.5 Å². The summed E-state index contributed by atoms with van der Waals surface area (Å²) in [6, 6.07) is 1.89. The van der Waals surface area contributed by atoms with Crippen molar-refractivity contribution in [2.24, 2.45) is 5.73 Å². The molecule has 5 heteroatoms. The minimum absolute atomic E-state index is 0.168. The Bertz CT molecular complexity index is 395. The molecular formula is C13H23N5. The van der Waals surface area contributed by atoms with Gasteiger partial charge in [-0.3, -0.25) is 0 Å². The molecule has 0 unspecified atom stereocenters. The van der Waals surface area contributed by atoms with Crippen LogP contribution in [-0.2, 0) is 0 Å². The second kappa shape index (κ2) is 6.35. The number of nitrogens with zero attached hydrogens (tertiary/aromatic N) is 2. The topological polar surface area (TPSA) is 75.9 Å². The van der Waals surface area contributed by atoms with E-state index in [1.54, 1.807) is 6.08 Å². The Labute approximate surface area is 109 Å². The van der Waals surface area contributed by atoms with Crippen molar-refractivity contribution >= 4 is 11.6 Å². The van der Waals surface area contributed by atoms with Crippen LogP contribution in [0.2, 0.25) is 0 Å². The number of anilines is 2. The summed E-state index contributed by atoms with van der Waals surface area (Å²) in [5.41, 5.74) is 5.76. The van der Waals surface area contributed by atoms with E-state index in [4.69, 9.17) is 5.73 Å². The summed E-state index contributed by atoms with van der Waals surface area (Å²) >= 11 is 0. The fraction of sp³-hybridized carbons (Fsp3) is 0.538. The first-order valence-corrected chi connectivity index (χ1v) is 6.14. The maximum absolute atomic E-state index is 5.93. The van der Waals surface area contributed by atoms with Crippen molar-refractivity contribution in [1.29, 1.82) is 0 Å². The Balaban J connectivity index is 2.59. The zero-order chi connectivity index (χ0) is 13.6. The number of aromatic nitrogens is 2. The van der Waals surface area contributed by atoms with Crippen LogP contribution in [0.15, 0.2) is 18.7 Å². The van der Waals surface area contributed by atoms with Gasteiger partial charge in [0.1, 0.15) is 17.5 Å². The van der Waals surface area contributed by atoms with Gasteiger partial charge in [0, 0.05) is 24.7 Å². The van der Waals surface area contributed by atoms with Gasteiger partial charge >= 0.3 is 0 Å². The minimum atomic E-state index is -0.168. The molecule has 1 rings (SSSR count). The van der Waals surface area contributed by atoms with Crippen LogP contribution in [0.4, 0.5) is 11.6 Å². The van der Waals surface area contributed by atoms with Gasteiger partial charge in [0.25, 0.3) is 0 Å². The summed E-state index contributed by atoms with van der Waals surface area (Å²) in [4.78, 5) is 8.63. The van der Waals surface area contributed by atoms with Crippen LogP contribution in [0.3, 0.4) is 0 Å². The van der Waals surface area contributed by atoms with Gasteiger partial charge in [0.05, 0.1) is 0 Å². The van der Waals surface area contributed by atoms with Crippen LogP contribution in [-0.4, -0.2) is 28.6 Å². The predicted octanol–water partition coefficient (Wildman–Crippen LogP) is 1.92. The zero-order valence-corrected chi connectivity index (χ0v) is 11.5. The van der Waals surface area contributed by atoms with Crippen LogP contribution in [0.5, 0.6) is 0 Å². The summed E-state index contributed by atoms with van der Waals surface area (Å²) in [6.07, 6.45) is 2.67. The van der Waals surface area contributed by atoms with E-state index in [0.29, 0.717) is 6.54 Å². The van der Waals surface area contributed by atoms with E-state index in [0.717, 1.165) is 30.4 Å². The number of hydrogen-bond acceptors (Lipinski definition) is 5. The molecule has 0 bridgehead atoms. The average Bonchev–Trinajstić information content (AvgIpc) is 2.24. The molecule has 0 aromatic carbocycles. The fourth-order valence-electron chi connectivity index (χ4n) is 1.44. The van der Waals surface area contributed by atoms with Gasteiger partial charge in [-0.2, -0.15) is 0 Å². The Morgan fingerprint density at radius 2 is 1.94 bits per heavy atom. The lowest BCUT2D eigenvalue weighted by Crippen LogP contribution is -2.34. The lowest BCUT2D eigenvalue weighted by atomic mass is 10.0. The smallest absolute Gasteiger partial charge is 0.132 e. The molecule has 0 fully saturated rings.